The molecule has 0 amide bonds. The first-order chi connectivity index (χ1) is 9.70. The van der Waals surface area contributed by atoms with Gasteiger partial charge >= 0.3 is 0 Å². The van der Waals surface area contributed by atoms with Gasteiger partial charge in [-0.15, -0.1) is 0 Å². The lowest BCUT2D eigenvalue weighted by Crippen LogP contribution is -2.28. The summed E-state index contributed by atoms with van der Waals surface area (Å²) in [4.78, 5) is 0. The van der Waals surface area contributed by atoms with Gasteiger partial charge < -0.3 is 15.1 Å². The zero-order valence-electron chi connectivity index (χ0n) is 11.8. The van der Waals surface area contributed by atoms with Gasteiger partial charge in [0.1, 0.15) is 5.76 Å². The van der Waals surface area contributed by atoms with Crippen LogP contribution in [0.25, 0.3) is 0 Å². The lowest BCUT2D eigenvalue weighted by atomic mass is 9.97. The largest absolute Gasteiger partial charge is 0.467 e. The second-order valence-electron chi connectivity index (χ2n) is 4.78. The minimum Gasteiger partial charge on any atom is -0.467 e. The van der Waals surface area contributed by atoms with E-state index in [0.29, 0.717) is 17.6 Å². The maximum atomic E-state index is 5.33. The molecule has 2 rings (SSSR count). The van der Waals surface area contributed by atoms with Crippen LogP contribution in [0.3, 0.4) is 0 Å². The predicted octanol–water partition coefficient (Wildman–Crippen LogP) is 4.28. The molecule has 1 aromatic carbocycles. The Labute approximate surface area is 125 Å². The molecule has 0 aliphatic rings. The Kier molecular flexibility index (Phi) is 5.18. The summed E-state index contributed by atoms with van der Waals surface area (Å²) in [6.45, 7) is 5.00. The fraction of sp³-hybridized carbons (Fsp3) is 0.312. The second kappa shape index (κ2) is 7.10. The number of rotatable bonds is 5. The zero-order chi connectivity index (χ0) is 14.4. The van der Waals surface area contributed by atoms with E-state index in [-0.39, 0.29) is 0 Å². The molecule has 20 heavy (non-hydrogen) atoms. The van der Waals surface area contributed by atoms with Gasteiger partial charge in [-0.05, 0) is 48.3 Å². The molecule has 0 bridgehead atoms. The van der Waals surface area contributed by atoms with Crippen LogP contribution < -0.4 is 10.6 Å². The van der Waals surface area contributed by atoms with Crippen LogP contribution in [-0.2, 0) is 6.54 Å². The Morgan fingerprint density at radius 2 is 2.05 bits per heavy atom. The highest BCUT2D eigenvalue weighted by Crippen LogP contribution is 2.26. The van der Waals surface area contributed by atoms with E-state index in [4.69, 9.17) is 16.6 Å². The Morgan fingerprint density at radius 3 is 2.75 bits per heavy atom. The van der Waals surface area contributed by atoms with Gasteiger partial charge in [0.15, 0.2) is 5.11 Å². The molecule has 0 radical (unpaired) electrons. The normalized spacial score (nSPS) is 11.9. The van der Waals surface area contributed by atoms with E-state index in [1.165, 1.54) is 5.56 Å². The number of furan rings is 1. The van der Waals surface area contributed by atoms with E-state index in [1.54, 1.807) is 6.26 Å². The lowest BCUT2D eigenvalue weighted by molar-refractivity contribution is 0.503. The first-order valence-corrected chi connectivity index (χ1v) is 7.27. The molecule has 1 heterocycles. The van der Waals surface area contributed by atoms with Crippen molar-refractivity contribution in [2.75, 3.05) is 5.32 Å². The Balaban J connectivity index is 1.97. The van der Waals surface area contributed by atoms with Crippen molar-refractivity contribution in [3.8, 4) is 0 Å². The number of nitrogens with one attached hydrogen (secondary N) is 2. The highest BCUT2D eigenvalue weighted by atomic mass is 32.1. The zero-order valence-corrected chi connectivity index (χ0v) is 12.7. The maximum absolute atomic E-state index is 5.33. The summed E-state index contributed by atoms with van der Waals surface area (Å²) in [5.74, 6) is 1.37. The molecule has 0 spiro atoms. The van der Waals surface area contributed by atoms with Gasteiger partial charge in [0.25, 0.3) is 0 Å². The fourth-order valence-electron chi connectivity index (χ4n) is 2.01. The second-order valence-corrected chi connectivity index (χ2v) is 5.19. The lowest BCUT2D eigenvalue weighted by Gasteiger charge is -2.17. The van der Waals surface area contributed by atoms with Gasteiger partial charge in [-0.25, -0.2) is 0 Å². The van der Waals surface area contributed by atoms with Crippen molar-refractivity contribution in [1.82, 2.24) is 5.32 Å². The molecule has 0 fully saturated rings. The third-order valence-corrected chi connectivity index (χ3v) is 3.60. The van der Waals surface area contributed by atoms with Crippen LogP contribution in [0.4, 0.5) is 5.69 Å². The monoisotopic (exact) mass is 288 g/mol. The van der Waals surface area contributed by atoms with E-state index < -0.39 is 0 Å². The molecule has 3 nitrogen and oxygen atoms in total. The summed E-state index contributed by atoms with van der Waals surface area (Å²) in [5.41, 5.74) is 2.36. The molecule has 0 aliphatic heterocycles. The molecule has 1 atom stereocenters. The molecular weight excluding hydrogens is 268 g/mol. The number of thiocarbonyl (C=S) groups is 1. The first-order valence-electron chi connectivity index (χ1n) is 6.87. The summed E-state index contributed by atoms with van der Waals surface area (Å²) in [6.07, 6.45) is 2.76. The van der Waals surface area contributed by atoms with E-state index >= 15 is 0 Å². The van der Waals surface area contributed by atoms with Crippen LogP contribution in [0.5, 0.6) is 0 Å². The Morgan fingerprint density at radius 1 is 1.25 bits per heavy atom. The van der Waals surface area contributed by atoms with Crippen molar-refractivity contribution in [2.45, 2.75) is 32.7 Å². The highest BCUT2D eigenvalue weighted by molar-refractivity contribution is 7.80. The molecule has 1 unspecified atom stereocenters. The van der Waals surface area contributed by atoms with E-state index in [9.17, 15) is 0 Å². The van der Waals surface area contributed by atoms with Crippen LogP contribution in [0.2, 0.25) is 0 Å². The fourth-order valence-corrected chi connectivity index (χ4v) is 2.19. The van der Waals surface area contributed by atoms with E-state index in [1.807, 2.05) is 18.2 Å². The van der Waals surface area contributed by atoms with Crippen molar-refractivity contribution in [3.63, 3.8) is 0 Å². The van der Waals surface area contributed by atoms with Gasteiger partial charge in [-0.3, -0.25) is 0 Å². The van der Waals surface area contributed by atoms with Crippen molar-refractivity contribution >= 4 is 23.0 Å². The first kappa shape index (κ1) is 14.6. The summed E-state index contributed by atoms with van der Waals surface area (Å²) in [6, 6.07) is 12.1. The minimum atomic E-state index is 0.506. The SMILES string of the molecule is CCC(C)c1ccccc1NC(=S)NCc1ccco1. The number of para-hydroxylation sites is 1. The summed E-state index contributed by atoms with van der Waals surface area (Å²) in [5, 5.41) is 7.02. The van der Waals surface area contributed by atoms with Crippen LogP contribution in [0.1, 0.15) is 37.5 Å². The minimum absolute atomic E-state index is 0.506. The van der Waals surface area contributed by atoms with Crippen LogP contribution in [0, 0.1) is 0 Å². The molecule has 2 aromatic rings. The average molecular weight is 288 g/mol. The van der Waals surface area contributed by atoms with Crippen LogP contribution in [0.15, 0.2) is 47.1 Å². The molecule has 2 N–H and O–H groups in total. The predicted molar refractivity (Wildman–Crippen MR) is 86.9 cm³/mol. The van der Waals surface area contributed by atoms with Gasteiger partial charge in [-0.1, -0.05) is 32.0 Å². The molecule has 0 aliphatic carbocycles. The maximum Gasteiger partial charge on any atom is 0.171 e. The summed E-state index contributed by atoms with van der Waals surface area (Å²) < 4.78 is 5.26. The Bertz CT molecular complexity index is 551. The average Bonchev–Trinajstić information content (AvgIpc) is 2.98. The van der Waals surface area contributed by atoms with Crippen LogP contribution >= 0.6 is 12.2 Å². The number of anilines is 1. The number of hydrogen-bond donors (Lipinski definition) is 2. The van der Waals surface area contributed by atoms with E-state index in [0.717, 1.165) is 17.9 Å². The van der Waals surface area contributed by atoms with Gasteiger partial charge in [0, 0.05) is 5.69 Å². The van der Waals surface area contributed by atoms with Gasteiger partial charge in [0.05, 0.1) is 12.8 Å². The van der Waals surface area contributed by atoms with Crippen molar-refractivity contribution in [2.24, 2.45) is 0 Å². The highest BCUT2D eigenvalue weighted by Gasteiger charge is 2.09. The molecule has 4 heteroatoms. The molecule has 1 aromatic heterocycles. The third-order valence-electron chi connectivity index (χ3n) is 3.36. The molecular formula is C16H20N2OS. The van der Waals surface area contributed by atoms with Crippen LogP contribution in [-0.4, -0.2) is 5.11 Å². The van der Waals surface area contributed by atoms with Gasteiger partial charge in [0.2, 0.25) is 0 Å². The Hall–Kier alpha value is -1.81. The standard InChI is InChI=1S/C16H20N2OS/c1-3-12(2)14-8-4-5-9-15(14)18-16(20)17-11-13-7-6-10-19-13/h4-10,12H,3,11H2,1-2H3,(H2,17,18,20). The smallest absolute Gasteiger partial charge is 0.171 e. The summed E-state index contributed by atoms with van der Waals surface area (Å²) >= 11 is 5.33. The third kappa shape index (κ3) is 3.84. The van der Waals surface area contributed by atoms with Crippen molar-refractivity contribution < 1.29 is 4.42 Å². The number of hydrogen-bond acceptors (Lipinski definition) is 2. The van der Waals surface area contributed by atoms with Crippen molar-refractivity contribution in [3.05, 3.63) is 54.0 Å². The topological polar surface area (TPSA) is 37.2 Å². The molecule has 0 saturated carbocycles. The number of benzene rings is 1. The quantitative estimate of drug-likeness (QED) is 0.805. The summed E-state index contributed by atoms with van der Waals surface area (Å²) in [7, 11) is 0. The van der Waals surface area contributed by atoms with Crippen molar-refractivity contribution in [1.29, 1.82) is 0 Å². The molecule has 106 valence electrons. The van der Waals surface area contributed by atoms with Gasteiger partial charge in [-0.2, -0.15) is 0 Å². The van der Waals surface area contributed by atoms with E-state index in [2.05, 4.69) is 42.7 Å². The molecule has 0 saturated heterocycles.